The Morgan fingerprint density at radius 2 is 0.766 bits per heavy atom. The highest BCUT2D eigenvalue weighted by Crippen LogP contribution is 2.47. The molecule has 0 aliphatic heterocycles. The quantitative estimate of drug-likeness (QED) is 0.156. The predicted molar refractivity (Wildman–Crippen MR) is 387 cm³/mol. The SMILES string of the molecule is N#Cc1ccc(-n2c3ccccc3c3c4c(ccc32)oc2ccccc24)c(-c2ccc(-n3c4ccccc4c4ccccc43)cc2)c1.[C-]#[N+]c1cccc(-n2c3ccccc3c3c4oc5ccccc5c4ccc32)c1-c1ccc(-n2c3ccccc3c3ccccc32)cc1. The smallest absolute Gasteiger partial charge is 0.196 e. The number of para-hydroxylation sites is 8. The molecule has 0 fully saturated rings. The van der Waals surface area contributed by atoms with Crippen LogP contribution in [0.1, 0.15) is 5.56 Å². The first-order valence-electron chi connectivity index (χ1n) is 31.5. The van der Waals surface area contributed by atoms with Crippen molar-refractivity contribution in [3.05, 3.63) is 320 Å². The average Bonchev–Trinajstić information content (AvgIpc) is 1.57. The fraction of sp³-hybridized carbons (Fsp3) is 0. The third kappa shape index (κ3) is 7.78. The summed E-state index contributed by atoms with van der Waals surface area (Å²) in [7, 11) is 0. The number of furan rings is 2. The average molecular weight is 1200 g/mol. The maximum Gasteiger partial charge on any atom is 0.196 e. The molecule has 6 aromatic heterocycles. The molecular weight excluding hydrogens is 1150 g/mol. The third-order valence-corrected chi connectivity index (χ3v) is 19.1. The minimum Gasteiger partial charge on any atom is -0.456 e. The Balaban J connectivity index is 0.000000133. The van der Waals surface area contributed by atoms with Crippen LogP contribution in [0.25, 0.3) is 181 Å². The van der Waals surface area contributed by atoms with E-state index in [2.05, 4.69) is 284 Å². The van der Waals surface area contributed by atoms with E-state index in [1.165, 1.54) is 49.0 Å². The summed E-state index contributed by atoms with van der Waals surface area (Å²) in [6, 6.07) is 108. The van der Waals surface area contributed by atoms with E-state index >= 15 is 0 Å². The largest absolute Gasteiger partial charge is 0.456 e. The molecule has 436 valence electrons. The number of nitrogens with zero attached hydrogens (tertiary/aromatic N) is 6. The van der Waals surface area contributed by atoms with Gasteiger partial charge in [0, 0.05) is 87.4 Å². The molecule has 0 N–H and O–H groups in total. The van der Waals surface area contributed by atoms with Gasteiger partial charge in [-0.25, -0.2) is 4.85 Å². The molecule has 8 heteroatoms. The van der Waals surface area contributed by atoms with Crippen molar-refractivity contribution in [2.75, 3.05) is 0 Å². The van der Waals surface area contributed by atoms with E-state index in [0.29, 0.717) is 11.3 Å². The van der Waals surface area contributed by atoms with E-state index in [1.54, 1.807) is 0 Å². The van der Waals surface area contributed by atoms with Crippen LogP contribution < -0.4 is 0 Å². The Labute approximate surface area is 537 Å². The number of rotatable bonds is 6. The molecule has 8 nitrogen and oxygen atoms in total. The summed E-state index contributed by atoms with van der Waals surface area (Å²) in [6.07, 6.45) is 0. The standard InChI is InChI=1S/2C43H25N3O/c1-44-34-15-10-19-38(41(34)27-21-23-28(24-22-27)45-35-16-6-2-11-29(35)30-12-3-7-17-36(30)45)46-37-18-8-4-14-33(37)42-39(46)26-25-32-31-13-5-9-20-40(31)47-43(32)42;44-26-27-17-22-38(46-37-15-7-3-11-32(37)42-39(46)23-24-41-43(42)33-12-4-8-16-40(33)47-41)34(25-27)28-18-20-29(21-19-28)45-35-13-5-1-9-30(35)31-10-2-6-14-36(31)45/h2-26H;1-25H. The van der Waals surface area contributed by atoms with Gasteiger partial charge in [-0.15, -0.1) is 0 Å². The Morgan fingerprint density at radius 1 is 0.309 bits per heavy atom. The number of hydrogen-bond acceptors (Lipinski definition) is 3. The molecule has 94 heavy (non-hydrogen) atoms. The molecule has 0 amide bonds. The maximum atomic E-state index is 9.97. The van der Waals surface area contributed by atoms with Crippen LogP contribution in [0.4, 0.5) is 5.69 Å². The summed E-state index contributed by atoms with van der Waals surface area (Å²) in [5.41, 5.74) is 21.9. The van der Waals surface area contributed by atoms with Crippen molar-refractivity contribution in [3.8, 4) is 51.1 Å². The number of benzene rings is 14. The van der Waals surface area contributed by atoms with Crippen LogP contribution in [-0.4, -0.2) is 18.3 Å². The van der Waals surface area contributed by atoms with Crippen LogP contribution >= 0.6 is 0 Å². The summed E-state index contributed by atoms with van der Waals surface area (Å²) in [6.45, 7) is 8.18. The zero-order chi connectivity index (χ0) is 62.1. The molecule has 0 radical (unpaired) electrons. The summed E-state index contributed by atoms with van der Waals surface area (Å²) >= 11 is 0. The van der Waals surface area contributed by atoms with Crippen LogP contribution in [0.2, 0.25) is 0 Å². The second-order valence-corrected chi connectivity index (χ2v) is 24.0. The maximum absolute atomic E-state index is 9.97. The minimum absolute atomic E-state index is 0.614. The van der Waals surface area contributed by atoms with Crippen molar-refractivity contribution < 1.29 is 8.83 Å². The first kappa shape index (κ1) is 52.8. The van der Waals surface area contributed by atoms with E-state index in [9.17, 15) is 5.26 Å². The Hall–Kier alpha value is -13.1. The van der Waals surface area contributed by atoms with Gasteiger partial charge in [0.2, 0.25) is 0 Å². The van der Waals surface area contributed by atoms with Gasteiger partial charge in [0.1, 0.15) is 22.3 Å². The van der Waals surface area contributed by atoms with Crippen molar-refractivity contribution in [3.63, 3.8) is 0 Å². The zero-order valence-electron chi connectivity index (χ0n) is 50.4. The van der Waals surface area contributed by atoms with Gasteiger partial charge < -0.3 is 27.1 Å². The van der Waals surface area contributed by atoms with Crippen LogP contribution in [0.5, 0.6) is 0 Å². The minimum atomic E-state index is 0.614. The molecule has 0 bridgehead atoms. The van der Waals surface area contributed by atoms with E-state index in [1.807, 2.05) is 48.5 Å². The fourth-order valence-electron chi connectivity index (χ4n) is 15.1. The summed E-state index contributed by atoms with van der Waals surface area (Å²) in [4.78, 5) is 4.02. The van der Waals surface area contributed by atoms with Gasteiger partial charge >= 0.3 is 0 Å². The molecule has 0 unspecified atom stereocenters. The topological polar surface area (TPSA) is 74.2 Å². The summed E-state index contributed by atoms with van der Waals surface area (Å²) < 4.78 is 22.1. The van der Waals surface area contributed by atoms with E-state index < -0.39 is 0 Å². The third-order valence-electron chi connectivity index (χ3n) is 19.1. The second-order valence-electron chi connectivity index (χ2n) is 24.0. The lowest BCUT2D eigenvalue weighted by Gasteiger charge is -2.16. The van der Waals surface area contributed by atoms with Crippen molar-refractivity contribution in [2.24, 2.45) is 0 Å². The van der Waals surface area contributed by atoms with Crippen molar-refractivity contribution in [1.29, 1.82) is 5.26 Å². The van der Waals surface area contributed by atoms with E-state index in [4.69, 9.17) is 15.4 Å². The van der Waals surface area contributed by atoms with E-state index in [-0.39, 0.29) is 0 Å². The Morgan fingerprint density at radius 3 is 1.33 bits per heavy atom. The number of fused-ring (bicyclic) bond motifs is 20. The van der Waals surface area contributed by atoms with Gasteiger partial charge in [0.25, 0.3) is 0 Å². The van der Waals surface area contributed by atoms with Gasteiger partial charge in [-0.3, -0.25) is 0 Å². The first-order chi connectivity index (χ1) is 46.6. The Bertz CT molecular complexity index is 6520. The van der Waals surface area contributed by atoms with Crippen molar-refractivity contribution in [2.45, 2.75) is 0 Å². The lowest BCUT2D eigenvalue weighted by Crippen LogP contribution is -1.99. The predicted octanol–water partition coefficient (Wildman–Crippen LogP) is 23.3. The number of aromatic nitrogens is 4. The van der Waals surface area contributed by atoms with Gasteiger partial charge in [-0.05, 0) is 132 Å². The molecule has 20 aromatic rings. The summed E-state index contributed by atoms with van der Waals surface area (Å²) in [5.74, 6) is 0. The molecule has 0 saturated carbocycles. The highest BCUT2D eigenvalue weighted by Gasteiger charge is 2.24. The van der Waals surface area contributed by atoms with Gasteiger partial charge in [-0.1, -0.05) is 182 Å². The molecule has 0 atom stereocenters. The molecule has 14 aromatic carbocycles. The van der Waals surface area contributed by atoms with Crippen molar-refractivity contribution in [1.82, 2.24) is 18.3 Å². The monoisotopic (exact) mass is 1200 g/mol. The van der Waals surface area contributed by atoms with Gasteiger partial charge in [0.05, 0.1) is 73.4 Å². The normalized spacial score (nSPS) is 11.8. The van der Waals surface area contributed by atoms with Crippen LogP contribution in [0.15, 0.2) is 312 Å². The number of hydrogen-bond donors (Lipinski definition) is 0. The lowest BCUT2D eigenvalue weighted by atomic mass is 10.00. The molecule has 0 aliphatic rings. The van der Waals surface area contributed by atoms with Crippen LogP contribution in [-0.2, 0) is 0 Å². The van der Waals surface area contributed by atoms with Gasteiger partial charge in [-0.2, -0.15) is 5.26 Å². The molecule has 0 aliphatic carbocycles. The second kappa shape index (κ2) is 20.7. The molecule has 0 spiro atoms. The fourth-order valence-corrected chi connectivity index (χ4v) is 15.1. The Kier molecular flexibility index (Phi) is 11.6. The molecule has 0 saturated heterocycles. The van der Waals surface area contributed by atoms with Crippen LogP contribution in [0.3, 0.4) is 0 Å². The zero-order valence-corrected chi connectivity index (χ0v) is 50.4. The molecular formula is C86H50N6O2. The molecule has 20 rings (SSSR count). The van der Waals surface area contributed by atoms with Crippen LogP contribution in [0, 0.1) is 17.9 Å². The molecule has 6 heterocycles. The van der Waals surface area contributed by atoms with E-state index in [0.717, 1.165) is 127 Å². The lowest BCUT2D eigenvalue weighted by molar-refractivity contribution is 0.669. The van der Waals surface area contributed by atoms with Gasteiger partial charge in [0.15, 0.2) is 5.69 Å². The number of nitriles is 1. The highest BCUT2D eigenvalue weighted by atomic mass is 16.3. The first-order valence-corrected chi connectivity index (χ1v) is 31.5. The summed E-state index contributed by atoms with van der Waals surface area (Å²) in [5, 5.41) is 23.9. The highest BCUT2D eigenvalue weighted by molar-refractivity contribution is 6.28. The van der Waals surface area contributed by atoms with Crippen molar-refractivity contribution >= 4 is 137 Å².